The molecule has 2 N–H and O–H groups in total. The second-order valence-corrected chi connectivity index (χ2v) is 6.34. The molecule has 0 spiro atoms. The van der Waals surface area contributed by atoms with Gasteiger partial charge in [-0.25, -0.2) is 0 Å². The Hall–Kier alpha value is -0.0800. The molecule has 0 fully saturated rings. The van der Waals surface area contributed by atoms with Crippen molar-refractivity contribution in [3.05, 3.63) is 0 Å². The molecule has 0 rings (SSSR count). The molecule has 16 heavy (non-hydrogen) atoms. The van der Waals surface area contributed by atoms with Crippen molar-refractivity contribution in [2.45, 2.75) is 41.5 Å². The van der Waals surface area contributed by atoms with E-state index in [0.29, 0.717) is 5.41 Å². The number of rotatable bonds is 8. The van der Waals surface area contributed by atoms with Crippen LogP contribution < -0.4 is 10.6 Å². The molecular weight excluding hydrogens is 196 g/mol. The molecule has 0 aromatic rings. The summed E-state index contributed by atoms with van der Waals surface area (Å²) in [6.45, 7) is 17.2. The summed E-state index contributed by atoms with van der Waals surface area (Å²) in [5.41, 5.74) is 0.390. The summed E-state index contributed by atoms with van der Waals surface area (Å²) in [5.74, 6) is 2.19. The van der Waals surface area contributed by atoms with Gasteiger partial charge in [0.1, 0.15) is 0 Å². The standard InChI is InChI=1S/C14H32N2/c1-11(2)13(8-15-7)9-16-10-14(5,6)12(3)4/h11-13,15-16H,8-10H2,1-7H3. The fraction of sp³-hybridized carbons (Fsp3) is 1.00. The molecule has 0 aromatic carbocycles. The zero-order chi connectivity index (χ0) is 12.8. The van der Waals surface area contributed by atoms with Crippen molar-refractivity contribution in [1.82, 2.24) is 10.6 Å². The van der Waals surface area contributed by atoms with E-state index in [9.17, 15) is 0 Å². The van der Waals surface area contributed by atoms with Gasteiger partial charge in [0.2, 0.25) is 0 Å². The highest BCUT2D eigenvalue weighted by Crippen LogP contribution is 2.24. The first-order chi connectivity index (χ1) is 7.31. The number of nitrogens with one attached hydrogen (secondary N) is 2. The molecule has 1 unspecified atom stereocenters. The van der Waals surface area contributed by atoms with Crippen LogP contribution in [0.15, 0.2) is 0 Å². The SMILES string of the molecule is CNCC(CNCC(C)(C)C(C)C)C(C)C. The van der Waals surface area contributed by atoms with Gasteiger partial charge in [0.25, 0.3) is 0 Å². The van der Waals surface area contributed by atoms with Gasteiger partial charge < -0.3 is 10.6 Å². The second kappa shape index (κ2) is 7.29. The Labute approximate surface area is 103 Å². The predicted octanol–water partition coefficient (Wildman–Crippen LogP) is 2.75. The predicted molar refractivity (Wildman–Crippen MR) is 73.7 cm³/mol. The highest BCUT2D eigenvalue weighted by Gasteiger charge is 2.22. The highest BCUT2D eigenvalue weighted by molar-refractivity contribution is 4.76. The van der Waals surface area contributed by atoms with Crippen molar-refractivity contribution < 1.29 is 0 Å². The smallest absolute Gasteiger partial charge is 0.000509 e. The van der Waals surface area contributed by atoms with E-state index in [1.54, 1.807) is 0 Å². The lowest BCUT2D eigenvalue weighted by Gasteiger charge is -2.31. The van der Waals surface area contributed by atoms with Crippen molar-refractivity contribution >= 4 is 0 Å². The summed E-state index contributed by atoms with van der Waals surface area (Å²) in [5, 5.41) is 6.91. The topological polar surface area (TPSA) is 24.1 Å². The van der Waals surface area contributed by atoms with Gasteiger partial charge in [0.15, 0.2) is 0 Å². The lowest BCUT2D eigenvalue weighted by Crippen LogP contribution is -2.39. The van der Waals surface area contributed by atoms with Crippen LogP contribution in [0.1, 0.15) is 41.5 Å². The van der Waals surface area contributed by atoms with Gasteiger partial charge in [-0.3, -0.25) is 0 Å². The molecule has 0 aromatic heterocycles. The summed E-state index contributed by atoms with van der Waals surface area (Å²) in [6, 6.07) is 0. The third kappa shape index (κ3) is 5.86. The molecule has 0 amide bonds. The molecule has 0 aliphatic heterocycles. The van der Waals surface area contributed by atoms with E-state index >= 15 is 0 Å². The second-order valence-electron chi connectivity index (χ2n) is 6.34. The van der Waals surface area contributed by atoms with Crippen molar-refractivity contribution in [2.75, 3.05) is 26.7 Å². The Bertz CT molecular complexity index is 174. The molecule has 0 heterocycles. The molecule has 0 saturated carbocycles. The molecule has 0 saturated heterocycles. The maximum atomic E-state index is 3.63. The van der Waals surface area contributed by atoms with Crippen LogP contribution in [-0.2, 0) is 0 Å². The fourth-order valence-electron chi connectivity index (χ4n) is 1.59. The van der Waals surface area contributed by atoms with Crippen LogP contribution in [-0.4, -0.2) is 26.7 Å². The largest absolute Gasteiger partial charge is 0.319 e. The molecule has 0 aliphatic carbocycles. The van der Waals surface area contributed by atoms with Crippen LogP contribution in [0, 0.1) is 23.2 Å². The average molecular weight is 228 g/mol. The monoisotopic (exact) mass is 228 g/mol. The average Bonchev–Trinajstić information content (AvgIpc) is 2.15. The zero-order valence-electron chi connectivity index (χ0n) is 12.4. The van der Waals surface area contributed by atoms with Crippen LogP contribution in [0.5, 0.6) is 0 Å². The summed E-state index contributed by atoms with van der Waals surface area (Å²) in [6.07, 6.45) is 0. The van der Waals surface area contributed by atoms with E-state index < -0.39 is 0 Å². The third-order valence-corrected chi connectivity index (χ3v) is 3.96. The van der Waals surface area contributed by atoms with Crippen LogP contribution in [0.2, 0.25) is 0 Å². The first kappa shape index (κ1) is 15.9. The van der Waals surface area contributed by atoms with Crippen LogP contribution in [0.4, 0.5) is 0 Å². The quantitative estimate of drug-likeness (QED) is 0.667. The van der Waals surface area contributed by atoms with Gasteiger partial charge in [0.05, 0.1) is 0 Å². The molecule has 0 bridgehead atoms. The van der Waals surface area contributed by atoms with Crippen LogP contribution in [0.3, 0.4) is 0 Å². The van der Waals surface area contributed by atoms with Crippen molar-refractivity contribution in [3.63, 3.8) is 0 Å². The maximum absolute atomic E-state index is 3.63. The summed E-state index contributed by atoms with van der Waals surface area (Å²) >= 11 is 0. The van der Waals surface area contributed by atoms with Crippen molar-refractivity contribution in [1.29, 1.82) is 0 Å². The Morgan fingerprint density at radius 2 is 1.56 bits per heavy atom. The van der Waals surface area contributed by atoms with E-state index in [1.807, 2.05) is 7.05 Å². The molecular formula is C14H32N2. The van der Waals surface area contributed by atoms with E-state index in [2.05, 4.69) is 52.2 Å². The zero-order valence-corrected chi connectivity index (χ0v) is 12.4. The Kier molecular flexibility index (Phi) is 7.25. The number of hydrogen-bond acceptors (Lipinski definition) is 2. The van der Waals surface area contributed by atoms with Gasteiger partial charge in [-0.15, -0.1) is 0 Å². The Morgan fingerprint density at radius 1 is 1.00 bits per heavy atom. The van der Waals surface area contributed by atoms with Gasteiger partial charge in [-0.2, -0.15) is 0 Å². The van der Waals surface area contributed by atoms with E-state index in [4.69, 9.17) is 0 Å². The highest BCUT2D eigenvalue weighted by atomic mass is 14.9. The van der Waals surface area contributed by atoms with Gasteiger partial charge in [-0.1, -0.05) is 41.5 Å². The van der Waals surface area contributed by atoms with Crippen LogP contribution in [0.25, 0.3) is 0 Å². The van der Waals surface area contributed by atoms with E-state index in [0.717, 1.165) is 37.4 Å². The summed E-state index contributed by atoms with van der Waals surface area (Å²) < 4.78 is 0. The first-order valence-electron chi connectivity index (χ1n) is 6.66. The van der Waals surface area contributed by atoms with E-state index in [1.165, 1.54) is 0 Å². The molecule has 2 nitrogen and oxygen atoms in total. The first-order valence-corrected chi connectivity index (χ1v) is 6.66. The molecule has 98 valence electrons. The summed E-state index contributed by atoms with van der Waals surface area (Å²) in [4.78, 5) is 0. The minimum atomic E-state index is 0.390. The molecule has 2 heteroatoms. The fourth-order valence-corrected chi connectivity index (χ4v) is 1.59. The Balaban J connectivity index is 3.94. The third-order valence-electron chi connectivity index (χ3n) is 3.96. The maximum Gasteiger partial charge on any atom is 0.000509 e. The summed E-state index contributed by atoms with van der Waals surface area (Å²) in [7, 11) is 2.04. The van der Waals surface area contributed by atoms with Crippen LogP contribution >= 0.6 is 0 Å². The normalized spacial score (nSPS) is 14.8. The molecule has 1 atom stereocenters. The Morgan fingerprint density at radius 3 is 1.94 bits per heavy atom. The lowest BCUT2D eigenvalue weighted by molar-refractivity contribution is 0.227. The van der Waals surface area contributed by atoms with E-state index in [-0.39, 0.29) is 0 Å². The lowest BCUT2D eigenvalue weighted by atomic mass is 9.81. The molecule has 0 aliphatic rings. The van der Waals surface area contributed by atoms with Crippen molar-refractivity contribution in [2.24, 2.45) is 23.2 Å². The van der Waals surface area contributed by atoms with Gasteiger partial charge in [-0.05, 0) is 43.3 Å². The minimum Gasteiger partial charge on any atom is -0.319 e. The van der Waals surface area contributed by atoms with Gasteiger partial charge in [0, 0.05) is 6.54 Å². The molecule has 0 radical (unpaired) electrons. The van der Waals surface area contributed by atoms with Crippen molar-refractivity contribution in [3.8, 4) is 0 Å². The minimum absolute atomic E-state index is 0.390. The van der Waals surface area contributed by atoms with Gasteiger partial charge >= 0.3 is 0 Å². The number of hydrogen-bond donors (Lipinski definition) is 2.